The Labute approximate surface area is 137 Å². The number of rotatable bonds is 6. The van der Waals surface area contributed by atoms with Gasteiger partial charge in [0.25, 0.3) is 5.91 Å². The summed E-state index contributed by atoms with van der Waals surface area (Å²) in [6.07, 6.45) is 2.63. The molecule has 23 heavy (non-hydrogen) atoms. The molecule has 1 aromatic carbocycles. The maximum absolute atomic E-state index is 12.3. The monoisotopic (exact) mass is 312 g/mol. The Morgan fingerprint density at radius 2 is 1.87 bits per heavy atom. The lowest BCUT2D eigenvalue weighted by molar-refractivity contribution is 0.102. The highest BCUT2D eigenvalue weighted by Gasteiger charge is 2.10. The minimum atomic E-state index is -0.232. The standard InChI is InChI=1S/C18H24N4O/c1-12(2)5-7-19-18-20-8-6-16(22-18)17(23)21-15-10-13(3)9-14(4)11-15/h6,8-12H,5,7H2,1-4H3,(H,21,23)(H,19,20,22). The van der Waals surface area contributed by atoms with Crippen molar-refractivity contribution in [3.63, 3.8) is 0 Å². The lowest BCUT2D eigenvalue weighted by Crippen LogP contribution is -2.16. The summed E-state index contributed by atoms with van der Waals surface area (Å²) in [6.45, 7) is 9.13. The lowest BCUT2D eigenvalue weighted by atomic mass is 10.1. The van der Waals surface area contributed by atoms with E-state index in [0.29, 0.717) is 17.6 Å². The van der Waals surface area contributed by atoms with E-state index in [4.69, 9.17) is 0 Å². The molecule has 5 heteroatoms. The number of aryl methyl sites for hydroxylation is 2. The third-order valence-corrected chi connectivity index (χ3v) is 3.37. The van der Waals surface area contributed by atoms with E-state index in [1.165, 1.54) is 0 Å². The Morgan fingerprint density at radius 1 is 1.17 bits per heavy atom. The Hall–Kier alpha value is -2.43. The summed E-state index contributed by atoms with van der Waals surface area (Å²) in [4.78, 5) is 20.8. The first-order chi connectivity index (χ1) is 10.9. The first-order valence-corrected chi connectivity index (χ1v) is 7.90. The molecular weight excluding hydrogens is 288 g/mol. The molecule has 5 nitrogen and oxygen atoms in total. The zero-order valence-corrected chi connectivity index (χ0v) is 14.2. The molecule has 0 fully saturated rings. The van der Waals surface area contributed by atoms with E-state index in [-0.39, 0.29) is 5.91 Å². The highest BCUT2D eigenvalue weighted by atomic mass is 16.1. The van der Waals surface area contributed by atoms with Gasteiger partial charge in [0.15, 0.2) is 0 Å². The third-order valence-electron chi connectivity index (χ3n) is 3.37. The first kappa shape index (κ1) is 16.9. The number of carbonyl (C=O) groups is 1. The van der Waals surface area contributed by atoms with Gasteiger partial charge in [0.2, 0.25) is 5.95 Å². The normalized spacial score (nSPS) is 10.7. The van der Waals surface area contributed by atoms with Crippen molar-refractivity contribution in [3.05, 3.63) is 47.3 Å². The maximum atomic E-state index is 12.3. The summed E-state index contributed by atoms with van der Waals surface area (Å²) in [7, 11) is 0. The van der Waals surface area contributed by atoms with Crippen LogP contribution >= 0.6 is 0 Å². The summed E-state index contributed by atoms with van der Waals surface area (Å²) in [5.41, 5.74) is 3.35. The predicted molar refractivity (Wildman–Crippen MR) is 93.8 cm³/mol. The second kappa shape index (κ2) is 7.72. The van der Waals surface area contributed by atoms with Crippen molar-refractivity contribution in [1.82, 2.24) is 9.97 Å². The summed E-state index contributed by atoms with van der Waals surface area (Å²) >= 11 is 0. The van der Waals surface area contributed by atoms with Crippen LogP contribution in [0.3, 0.4) is 0 Å². The second-order valence-corrected chi connectivity index (χ2v) is 6.21. The summed E-state index contributed by atoms with van der Waals surface area (Å²) < 4.78 is 0. The van der Waals surface area contributed by atoms with Gasteiger partial charge in [-0.15, -0.1) is 0 Å². The van der Waals surface area contributed by atoms with Crippen LogP contribution in [0.15, 0.2) is 30.5 Å². The number of anilines is 2. The molecule has 122 valence electrons. The van der Waals surface area contributed by atoms with E-state index >= 15 is 0 Å². The molecular formula is C18H24N4O. The summed E-state index contributed by atoms with van der Waals surface area (Å²) in [5, 5.41) is 6.04. The summed E-state index contributed by atoms with van der Waals surface area (Å²) in [6, 6.07) is 7.56. The quantitative estimate of drug-likeness (QED) is 0.851. The third kappa shape index (κ3) is 5.36. The fourth-order valence-electron chi connectivity index (χ4n) is 2.28. The van der Waals surface area contributed by atoms with Gasteiger partial charge in [-0.25, -0.2) is 9.97 Å². The fourth-order valence-corrected chi connectivity index (χ4v) is 2.28. The molecule has 0 saturated heterocycles. The molecule has 0 unspecified atom stereocenters. The van der Waals surface area contributed by atoms with Crippen LogP contribution in [0.4, 0.5) is 11.6 Å². The molecule has 0 spiro atoms. The van der Waals surface area contributed by atoms with Crippen molar-refractivity contribution in [1.29, 1.82) is 0 Å². The number of aromatic nitrogens is 2. The van der Waals surface area contributed by atoms with Crippen molar-refractivity contribution >= 4 is 17.5 Å². The molecule has 0 aliphatic carbocycles. The van der Waals surface area contributed by atoms with Gasteiger partial charge in [0.05, 0.1) is 0 Å². The molecule has 0 aliphatic heterocycles. The number of nitrogens with zero attached hydrogens (tertiary/aromatic N) is 2. The van der Waals surface area contributed by atoms with E-state index in [1.54, 1.807) is 12.3 Å². The number of benzene rings is 1. The van der Waals surface area contributed by atoms with Crippen LogP contribution in [-0.4, -0.2) is 22.4 Å². The number of nitrogens with one attached hydrogen (secondary N) is 2. The van der Waals surface area contributed by atoms with Crippen LogP contribution < -0.4 is 10.6 Å². The summed E-state index contributed by atoms with van der Waals surface area (Å²) in [5.74, 6) is 0.863. The van der Waals surface area contributed by atoms with E-state index in [0.717, 1.165) is 29.8 Å². The van der Waals surface area contributed by atoms with Gasteiger partial charge in [-0.05, 0) is 55.5 Å². The molecule has 0 bridgehead atoms. The van der Waals surface area contributed by atoms with Crippen LogP contribution in [0.1, 0.15) is 41.9 Å². The van der Waals surface area contributed by atoms with Gasteiger partial charge in [-0.2, -0.15) is 0 Å². The molecule has 0 saturated carbocycles. The van der Waals surface area contributed by atoms with Crippen molar-refractivity contribution in [2.75, 3.05) is 17.2 Å². The van der Waals surface area contributed by atoms with Gasteiger partial charge in [0, 0.05) is 18.4 Å². The van der Waals surface area contributed by atoms with Gasteiger partial charge >= 0.3 is 0 Å². The number of hydrogen-bond acceptors (Lipinski definition) is 4. The Morgan fingerprint density at radius 3 is 2.52 bits per heavy atom. The topological polar surface area (TPSA) is 66.9 Å². The average molecular weight is 312 g/mol. The van der Waals surface area contributed by atoms with Gasteiger partial charge < -0.3 is 10.6 Å². The first-order valence-electron chi connectivity index (χ1n) is 7.90. The Bertz CT molecular complexity index is 662. The second-order valence-electron chi connectivity index (χ2n) is 6.21. The molecule has 0 atom stereocenters. The van der Waals surface area contributed by atoms with Crippen molar-refractivity contribution in [3.8, 4) is 0 Å². The van der Waals surface area contributed by atoms with E-state index in [2.05, 4.69) is 40.5 Å². The smallest absolute Gasteiger partial charge is 0.274 e. The highest BCUT2D eigenvalue weighted by Crippen LogP contribution is 2.15. The lowest BCUT2D eigenvalue weighted by Gasteiger charge is -2.09. The van der Waals surface area contributed by atoms with Crippen molar-refractivity contribution < 1.29 is 4.79 Å². The largest absolute Gasteiger partial charge is 0.354 e. The van der Waals surface area contributed by atoms with E-state index in [1.807, 2.05) is 26.0 Å². The van der Waals surface area contributed by atoms with Crippen molar-refractivity contribution in [2.24, 2.45) is 5.92 Å². The van der Waals surface area contributed by atoms with E-state index < -0.39 is 0 Å². The molecule has 2 N–H and O–H groups in total. The minimum Gasteiger partial charge on any atom is -0.354 e. The minimum absolute atomic E-state index is 0.232. The SMILES string of the molecule is Cc1cc(C)cc(NC(=O)c2ccnc(NCCC(C)C)n2)c1. The molecule has 0 radical (unpaired) electrons. The maximum Gasteiger partial charge on any atom is 0.274 e. The zero-order valence-electron chi connectivity index (χ0n) is 14.2. The number of carbonyl (C=O) groups excluding carboxylic acids is 1. The molecule has 2 aromatic rings. The van der Waals surface area contributed by atoms with Crippen LogP contribution in [-0.2, 0) is 0 Å². The Balaban J connectivity index is 2.04. The van der Waals surface area contributed by atoms with Gasteiger partial charge in [0.1, 0.15) is 5.69 Å². The molecule has 1 heterocycles. The number of hydrogen-bond donors (Lipinski definition) is 2. The van der Waals surface area contributed by atoms with Crippen LogP contribution in [0.25, 0.3) is 0 Å². The van der Waals surface area contributed by atoms with Crippen molar-refractivity contribution in [2.45, 2.75) is 34.1 Å². The highest BCUT2D eigenvalue weighted by molar-refractivity contribution is 6.03. The number of amides is 1. The molecule has 1 amide bonds. The zero-order chi connectivity index (χ0) is 16.8. The van der Waals surface area contributed by atoms with Gasteiger partial charge in [-0.1, -0.05) is 19.9 Å². The predicted octanol–water partition coefficient (Wildman–Crippen LogP) is 3.80. The van der Waals surface area contributed by atoms with Crippen LogP contribution in [0.5, 0.6) is 0 Å². The fraction of sp³-hybridized carbons (Fsp3) is 0.389. The molecule has 1 aromatic heterocycles. The van der Waals surface area contributed by atoms with Crippen LogP contribution in [0, 0.1) is 19.8 Å². The average Bonchev–Trinajstić information content (AvgIpc) is 2.46. The van der Waals surface area contributed by atoms with E-state index in [9.17, 15) is 4.79 Å². The Kier molecular flexibility index (Phi) is 5.68. The van der Waals surface area contributed by atoms with Gasteiger partial charge in [-0.3, -0.25) is 4.79 Å². The molecule has 2 rings (SSSR count). The molecule has 0 aliphatic rings. The van der Waals surface area contributed by atoms with Crippen LogP contribution in [0.2, 0.25) is 0 Å².